The van der Waals surface area contributed by atoms with Gasteiger partial charge in [-0.15, -0.1) is 0 Å². The zero-order valence-electron chi connectivity index (χ0n) is 5.27. The van der Waals surface area contributed by atoms with Gasteiger partial charge < -0.3 is 0 Å². The molecule has 0 aliphatic heterocycles. The SMILES string of the molecule is Cc1cnc2nonc2n1. The van der Waals surface area contributed by atoms with Gasteiger partial charge in [0.1, 0.15) is 0 Å². The largest absolute Gasteiger partial charge is 0.243 e. The van der Waals surface area contributed by atoms with Crippen LogP contribution in [0.15, 0.2) is 10.8 Å². The Bertz CT molecular complexity index is 355. The summed E-state index contributed by atoms with van der Waals surface area (Å²) in [6.07, 6.45) is 1.62. The van der Waals surface area contributed by atoms with Crippen LogP contribution >= 0.6 is 0 Å². The lowest BCUT2D eigenvalue weighted by Crippen LogP contribution is -1.84. The second-order valence-corrected chi connectivity index (χ2v) is 1.92. The average Bonchev–Trinajstić information content (AvgIpc) is 2.33. The maximum atomic E-state index is 4.39. The van der Waals surface area contributed by atoms with Gasteiger partial charge in [-0.3, -0.25) is 0 Å². The molecule has 50 valence electrons. The first-order chi connectivity index (χ1) is 4.86. The maximum Gasteiger partial charge on any atom is 0.243 e. The lowest BCUT2D eigenvalue weighted by Gasteiger charge is -1.84. The highest BCUT2D eigenvalue weighted by Crippen LogP contribution is 2.00. The Morgan fingerprint density at radius 2 is 2.10 bits per heavy atom. The van der Waals surface area contributed by atoms with Gasteiger partial charge in [0, 0.05) is 0 Å². The van der Waals surface area contributed by atoms with E-state index in [1.165, 1.54) is 0 Å². The lowest BCUT2D eigenvalue weighted by molar-refractivity contribution is 0.314. The fraction of sp³-hybridized carbons (Fsp3) is 0.200. The topological polar surface area (TPSA) is 64.7 Å². The first-order valence-corrected chi connectivity index (χ1v) is 2.78. The molecule has 0 aromatic carbocycles. The molecule has 2 aromatic heterocycles. The molecule has 0 unspecified atom stereocenters. The summed E-state index contributed by atoms with van der Waals surface area (Å²) in [6.45, 7) is 1.83. The molecule has 0 bridgehead atoms. The number of rotatable bonds is 0. The molecule has 5 heteroatoms. The molecule has 0 amide bonds. The molecule has 0 fully saturated rings. The van der Waals surface area contributed by atoms with Gasteiger partial charge in [0.05, 0.1) is 11.9 Å². The van der Waals surface area contributed by atoms with Crippen LogP contribution in [-0.4, -0.2) is 20.3 Å². The van der Waals surface area contributed by atoms with Gasteiger partial charge in [-0.2, -0.15) is 0 Å². The standard InChI is InChI=1S/C5H4N4O/c1-3-2-6-4-5(7-3)9-10-8-4/h2H,1H3. The lowest BCUT2D eigenvalue weighted by atomic mass is 10.5. The van der Waals surface area contributed by atoms with Crippen LogP contribution in [0.1, 0.15) is 5.69 Å². The van der Waals surface area contributed by atoms with Crippen molar-refractivity contribution >= 4 is 11.3 Å². The Morgan fingerprint density at radius 1 is 1.30 bits per heavy atom. The van der Waals surface area contributed by atoms with Gasteiger partial charge >= 0.3 is 0 Å². The van der Waals surface area contributed by atoms with Gasteiger partial charge in [-0.1, -0.05) is 0 Å². The van der Waals surface area contributed by atoms with Crippen molar-refractivity contribution in [2.75, 3.05) is 0 Å². The predicted octanol–water partition coefficient (Wildman–Crippen LogP) is 0.321. The van der Waals surface area contributed by atoms with Crippen molar-refractivity contribution in [2.24, 2.45) is 0 Å². The van der Waals surface area contributed by atoms with Crippen LogP contribution in [-0.2, 0) is 0 Å². The van der Waals surface area contributed by atoms with Crippen molar-refractivity contribution < 1.29 is 4.63 Å². The van der Waals surface area contributed by atoms with E-state index in [1.807, 2.05) is 6.92 Å². The van der Waals surface area contributed by atoms with Crippen LogP contribution < -0.4 is 0 Å². The third kappa shape index (κ3) is 0.637. The van der Waals surface area contributed by atoms with Crippen molar-refractivity contribution in [2.45, 2.75) is 6.92 Å². The Labute approximate surface area is 56.1 Å². The highest BCUT2D eigenvalue weighted by Gasteiger charge is 2.00. The first kappa shape index (κ1) is 5.28. The van der Waals surface area contributed by atoms with Crippen molar-refractivity contribution in [3.05, 3.63) is 11.9 Å². The van der Waals surface area contributed by atoms with Gasteiger partial charge in [-0.25, -0.2) is 14.6 Å². The third-order valence-corrected chi connectivity index (χ3v) is 1.11. The quantitative estimate of drug-likeness (QED) is 0.521. The molecular weight excluding hydrogens is 132 g/mol. The minimum Gasteiger partial charge on any atom is -0.240 e. The predicted molar refractivity (Wildman–Crippen MR) is 32.1 cm³/mol. The highest BCUT2D eigenvalue weighted by molar-refractivity contribution is 5.61. The number of hydrogen-bond acceptors (Lipinski definition) is 5. The van der Waals surface area contributed by atoms with Crippen LogP contribution in [0.5, 0.6) is 0 Å². The summed E-state index contributed by atoms with van der Waals surface area (Å²) in [5.74, 6) is 0. The maximum absolute atomic E-state index is 4.39. The van der Waals surface area contributed by atoms with Gasteiger partial charge in [-0.05, 0) is 17.2 Å². The number of fused-ring (bicyclic) bond motifs is 1. The summed E-state index contributed by atoms with van der Waals surface area (Å²) in [5.41, 5.74) is 1.72. The molecule has 0 atom stereocenters. The summed E-state index contributed by atoms with van der Waals surface area (Å²) in [5, 5.41) is 7.02. The number of hydrogen-bond donors (Lipinski definition) is 0. The van der Waals surface area contributed by atoms with E-state index in [1.54, 1.807) is 6.20 Å². The molecule has 0 aliphatic carbocycles. The molecule has 0 N–H and O–H groups in total. The Hall–Kier alpha value is -1.52. The molecule has 0 saturated heterocycles. The monoisotopic (exact) mass is 136 g/mol. The fourth-order valence-electron chi connectivity index (χ4n) is 0.682. The molecule has 2 aromatic rings. The zero-order valence-corrected chi connectivity index (χ0v) is 5.27. The molecule has 2 rings (SSSR count). The van der Waals surface area contributed by atoms with Crippen LogP contribution in [0.4, 0.5) is 0 Å². The smallest absolute Gasteiger partial charge is 0.240 e. The van der Waals surface area contributed by atoms with E-state index in [9.17, 15) is 0 Å². The van der Waals surface area contributed by atoms with Crippen molar-refractivity contribution in [3.8, 4) is 0 Å². The van der Waals surface area contributed by atoms with Crippen molar-refractivity contribution in [3.63, 3.8) is 0 Å². The minimum atomic E-state index is 0.450. The van der Waals surface area contributed by atoms with Crippen LogP contribution in [0, 0.1) is 6.92 Å². The Kier molecular flexibility index (Phi) is 0.913. The molecule has 0 spiro atoms. The van der Waals surface area contributed by atoms with E-state index in [-0.39, 0.29) is 0 Å². The number of aromatic nitrogens is 4. The number of nitrogens with zero attached hydrogens (tertiary/aromatic N) is 4. The summed E-state index contributed by atoms with van der Waals surface area (Å²) < 4.78 is 4.39. The number of aryl methyl sites for hydroxylation is 1. The van der Waals surface area contributed by atoms with Gasteiger partial charge in [0.2, 0.25) is 11.3 Å². The fourth-order valence-corrected chi connectivity index (χ4v) is 0.682. The molecule has 2 heterocycles. The normalized spacial score (nSPS) is 10.5. The van der Waals surface area contributed by atoms with Crippen molar-refractivity contribution in [1.82, 2.24) is 20.3 Å². The molecule has 5 nitrogen and oxygen atoms in total. The summed E-state index contributed by atoms with van der Waals surface area (Å²) in [6, 6.07) is 0. The van der Waals surface area contributed by atoms with Crippen LogP contribution in [0.2, 0.25) is 0 Å². The second-order valence-electron chi connectivity index (χ2n) is 1.92. The molecule has 0 aliphatic rings. The minimum absolute atomic E-state index is 0.450. The molecule has 0 saturated carbocycles. The third-order valence-electron chi connectivity index (χ3n) is 1.11. The van der Waals surface area contributed by atoms with Crippen LogP contribution in [0.3, 0.4) is 0 Å². The summed E-state index contributed by atoms with van der Waals surface area (Å²) >= 11 is 0. The molecular formula is C5H4N4O. The van der Waals surface area contributed by atoms with Crippen LogP contribution in [0.25, 0.3) is 11.3 Å². The molecule has 0 radical (unpaired) electrons. The van der Waals surface area contributed by atoms with Gasteiger partial charge in [0.25, 0.3) is 0 Å². The summed E-state index contributed by atoms with van der Waals surface area (Å²) in [4.78, 5) is 7.92. The zero-order chi connectivity index (χ0) is 6.97. The summed E-state index contributed by atoms with van der Waals surface area (Å²) in [7, 11) is 0. The van der Waals surface area contributed by atoms with E-state index < -0.39 is 0 Å². The van der Waals surface area contributed by atoms with E-state index >= 15 is 0 Å². The first-order valence-electron chi connectivity index (χ1n) is 2.78. The van der Waals surface area contributed by atoms with E-state index in [2.05, 4.69) is 24.9 Å². The Balaban J connectivity index is 2.86. The highest BCUT2D eigenvalue weighted by atomic mass is 16.6. The van der Waals surface area contributed by atoms with Gasteiger partial charge in [0.15, 0.2) is 0 Å². The van der Waals surface area contributed by atoms with E-state index in [0.717, 1.165) is 5.69 Å². The van der Waals surface area contributed by atoms with Crippen molar-refractivity contribution in [1.29, 1.82) is 0 Å². The molecule has 10 heavy (non-hydrogen) atoms. The second kappa shape index (κ2) is 1.73. The van der Waals surface area contributed by atoms with E-state index in [0.29, 0.717) is 11.3 Å². The Morgan fingerprint density at radius 3 is 3.00 bits per heavy atom. The average molecular weight is 136 g/mol. The van der Waals surface area contributed by atoms with E-state index in [4.69, 9.17) is 0 Å².